The molecule has 0 aliphatic carbocycles. The number of carboxylic acids is 1. The highest BCUT2D eigenvalue weighted by Gasteiger charge is 2.28. The maximum absolute atomic E-state index is 11.4. The molecule has 0 spiro atoms. The Hall–Kier alpha value is -3.29. The average Bonchev–Trinajstić information content (AvgIpc) is 3.19. The first kappa shape index (κ1) is 16.2. The highest BCUT2D eigenvalue weighted by Crippen LogP contribution is 2.31. The van der Waals surface area contributed by atoms with Crippen LogP contribution in [0.4, 0.5) is 5.82 Å². The zero-order valence-electron chi connectivity index (χ0n) is 13.9. The number of carbonyl (C=O) groups is 1. The molecule has 4 rings (SSSR count). The van der Waals surface area contributed by atoms with Crippen molar-refractivity contribution in [1.29, 1.82) is 0 Å². The third-order valence-electron chi connectivity index (χ3n) is 4.41. The zero-order valence-corrected chi connectivity index (χ0v) is 13.9. The van der Waals surface area contributed by atoms with Crippen LogP contribution in [0.3, 0.4) is 0 Å². The molecule has 26 heavy (non-hydrogen) atoms. The Balaban J connectivity index is 1.66. The molecule has 8 nitrogen and oxygen atoms in total. The van der Waals surface area contributed by atoms with Crippen molar-refractivity contribution in [2.45, 2.75) is 12.8 Å². The predicted molar refractivity (Wildman–Crippen MR) is 93.3 cm³/mol. The van der Waals surface area contributed by atoms with E-state index in [4.69, 9.17) is 4.52 Å². The van der Waals surface area contributed by atoms with Gasteiger partial charge < -0.3 is 14.5 Å². The number of anilines is 1. The van der Waals surface area contributed by atoms with Crippen molar-refractivity contribution in [3.05, 3.63) is 42.7 Å². The Labute approximate surface area is 149 Å². The van der Waals surface area contributed by atoms with Crippen molar-refractivity contribution in [2.75, 3.05) is 18.0 Å². The molecule has 1 saturated heterocycles. The third kappa shape index (κ3) is 3.13. The van der Waals surface area contributed by atoms with E-state index in [1.807, 2.05) is 23.1 Å². The highest BCUT2D eigenvalue weighted by atomic mass is 16.5. The Bertz CT molecular complexity index is 912. The SMILES string of the molecule is O=C(O)C1CCCN(c2ncccc2-c2nc(-c3ccccn3)no2)C1. The molecule has 1 N–H and O–H groups in total. The van der Waals surface area contributed by atoms with Gasteiger partial charge in [-0.25, -0.2) is 4.98 Å². The van der Waals surface area contributed by atoms with Crippen LogP contribution in [0.1, 0.15) is 12.8 Å². The number of hydrogen-bond acceptors (Lipinski definition) is 7. The van der Waals surface area contributed by atoms with Crippen molar-refractivity contribution in [3.8, 4) is 23.0 Å². The van der Waals surface area contributed by atoms with Gasteiger partial charge in [0.1, 0.15) is 11.5 Å². The number of carboxylic acid groups (broad SMARTS) is 1. The summed E-state index contributed by atoms with van der Waals surface area (Å²) >= 11 is 0. The normalized spacial score (nSPS) is 17.2. The van der Waals surface area contributed by atoms with Crippen LogP contribution in [0.5, 0.6) is 0 Å². The Kier molecular flexibility index (Phi) is 4.30. The van der Waals surface area contributed by atoms with E-state index in [9.17, 15) is 9.90 Å². The number of piperidine rings is 1. The van der Waals surface area contributed by atoms with Crippen LogP contribution in [0.25, 0.3) is 23.0 Å². The summed E-state index contributed by atoms with van der Waals surface area (Å²) in [6, 6.07) is 9.12. The van der Waals surface area contributed by atoms with Gasteiger partial charge in [0.2, 0.25) is 5.82 Å². The molecule has 3 aromatic heterocycles. The smallest absolute Gasteiger partial charge is 0.308 e. The van der Waals surface area contributed by atoms with Gasteiger partial charge in [0.25, 0.3) is 5.89 Å². The molecule has 4 heterocycles. The minimum absolute atomic E-state index is 0.339. The van der Waals surface area contributed by atoms with Gasteiger partial charge >= 0.3 is 5.97 Å². The van der Waals surface area contributed by atoms with Gasteiger partial charge in [-0.15, -0.1) is 0 Å². The lowest BCUT2D eigenvalue weighted by Crippen LogP contribution is -2.39. The van der Waals surface area contributed by atoms with Gasteiger partial charge in [-0.3, -0.25) is 9.78 Å². The highest BCUT2D eigenvalue weighted by molar-refractivity contribution is 5.74. The van der Waals surface area contributed by atoms with Crippen LogP contribution >= 0.6 is 0 Å². The number of rotatable bonds is 4. The fraction of sp³-hybridized carbons (Fsp3) is 0.278. The molecule has 1 atom stereocenters. The number of hydrogen-bond donors (Lipinski definition) is 1. The maximum Gasteiger partial charge on any atom is 0.308 e. The minimum Gasteiger partial charge on any atom is -0.481 e. The van der Waals surface area contributed by atoms with Crippen LogP contribution < -0.4 is 4.90 Å². The lowest BCUT2D eigenvalue weighted by atomic mass is 9.98. The third-order valence-corrected chi connectivity index (χ3v) is 4.41. The summed E-state index contributed by atoms with van der Waals surface area (Å²) < 4.78 is 5.43. The van der Waals surface area contributed by atoms with Crippen molar-refractivity contribution in [2.24, 2.45) is 5.92 Å². The van der Waals surface area contributed by atoms with Crippen LogP contribution in [-0.2, 0) is 4.79 Å². The molecule has 0 aromatic carbocycles. The van der Waals surface area contributed by atoms with E-state index in [1.165, 1.54) is 0 Å². The van der Waals surface area contributed by atoms with E-state index >= 15 is 0 Å². The molecule has 1 unspecified atom stereocenters. The van der Waals surface area contributed by atoms with Crippen molar-refractivity contribution >= 4 is 11.8 Å². The van der Waals surface area contributed by atoms with Gasteiger partial charge in [0.05, 0.1) is 11.5 Å². The molecule has 1 aliphatic rings. The summed E-state index contributed by atoms with van der Waals surface area (Å²) in [4.78, 5) is 26.4. The van der Waals surface area contributed by atoms with Crippen LogP contribution in [0.15, 0.2) is 47.2 Å². The minimum atomic E-state index is -0.776. The lowest BCUT2D eigenvalue weighted by molar-refractivity contribution is -0.141. The Morgan fingerprint density at radius 2 is 2.08 bits per heavy atom. The fourth-order valence-electron chi connectivity index (χ4n) is 3.12. The van der Waals surface area contributed by atoms with Crippen molar-refractivity contribution in [3.63, 3.8) is 0 Å². The molecule has 1 fully saturated rings. The van der Waals surface area contributed by atoms with E-state index in [2.05, 4.69) is 20.1 Å². The van der Waals surface area contributed by atoms with E-state index in [0.717, 1.165) is 13.0 Å². The molecule has 0 amide bonds. The van der Waals surface area contributed by atoms with Gasteiger partial charge in [0.15, 0.2) is 0 Å². The molecule has 8 heteroatoms. The number of aliphatic carboxylic acids is 1. The van der Waals surface area contributed by atoms with Gasteiger partial charge in [0, 0.05) is 25.5 Å². The first-order valence-corrected chi connectivity index (χ1v) is 8.40. The van der Waals surface area contributed by atoms with Crippen LogP contribution in [0.2, 0.25) is 0 Å². The fourth-order valence-corrected chi connectivity index (χ4v) is 3.12. The second kappa shape index (κ2) is 6.91. The molecule has 0 bridgehead atoms. The molecule has 0 radical (unpaired) electrons. The topological polar surface area (TPSA) is 105 Å². The zero-order chi connectivity index (χ0) is 17.9. The molecular formula is C18H17N5O3. The monoisotopic (exact) mass is 351 g/mol. The summed E-state index contributed by atoms with van der Waals surface area (Å²) in [6.07, 6.45) is 4.83. The Morgan fingerprint density at radius 1 is 1.19 bits per heavy atom. The van der Waals surface area contributed by atoms with E-state index in [1.54, 1.807) is 24.5 Å². The van der Waals surface area contributed by atoms with Gasteiger partial charge in [-0.2, -0.15) is 4.98 Å². The summed E-state index contributed by atoms with van der Waals surface area (Å²) in [5.41, 5.74) is 1.31. The summed E-state index contributed by atoms with van der Waals surface area (Å²) in [7, 11) is 0. The molecule has 0 saturated carbocycles. The number of aromatic nitrogens is 4. The molecule has 1 aliphatic heterocycles. The molecule has 132 valence electrons. The number of pyridine rings is 2. The average molecular weight is 351 g/mol. The van der Waals surface area contributed by atoms with E-state index < -0.39 is 11.9 Å². The van der Waals surface area contributed by atoms with Gasteiger partial charge in [-0.05, 0) is 37.1 Å². The molecular weight excluding hydrogens is 334 g/mol. The summed E-state index contributed by atoms with van der Waals surface area (Å²) in [6.45, 7) is 1.16. The largest absolute Gasteiger partial charge is 0.481 e. The second-order valence-electron chi connectivity index (χ2n) is 6.14. The van der Waals surface area contributed by atoms with E-state index in [-0.39, 0.29) is 0 Å². The van der Waals surface area contributed by atoms with Crippen molar-refractivity contribution < 1.29 is 14.4 Å². The quantitative estimate of drug-likeness (QED) is 0.764. The van der Waals surface area contributed by atoms with Crippen molar-refractivity contribution in [1.82, 2.24) is 20.1 Å². The van der Waals surface area contributed by atoms with Crippen LogP contribution in [-0.4, -0.2) is 44.3 Å². The maximum atomic E-state index is 11.4. The Morgan fingerprint density at radius 3 is 2.88 bits per heavy atom. The lowest BCUT2D eigenvalue weighted by Gasteiger charge is -2.32. The first-order valence-electron chi connectivity index (χ1n) is 8.40. The molecule has 3 aromatic rings. The summed E-state index contributed by atoms with van der Waals surface area (Å²) in [5, 5.41) is 13.3. The second-order valence-corrected chi connectivity index (χ2v) is 6.14. The summed E-state index contributed by atoms with van der Waals surface area (Å²) in [5.74, 6) is 0.228. The van der Waals surface area contributed by atoms with E-state index in [0.29, 0.717) is 41.8 Å². The van der Waals surface area contributed by atoms with Gasteiger partial charge in [-0.1, -0.05) is 11.2 Å². The predicted octanol–water partition coefficient (Wildman–Crippen LogP) is 2.49. The standard InChI is InChI=1S/C18H17N5O3/c24-18(25)12-5-4-10-23(11-12)16-13(6-3-9-20-16)17-21-15(22-26-17)14-7-1-2-8-19-14/h1-3,6-9,12H,4-5,10-11H2,(H,24,25). The van der Waals surface area contributed by atoms with Crippen LogP contribution in [0, 0.1) is 5.92 Å². The number of nitrogens with zero attached hydrogens (tertiary/aromatic N) is 5. The first-order chi connectivity index (χ1) is 12.7.